The molecule has 4 aliphatic rings. The molecule has 4 saturated heterocycles. The summed E-state index contributed by atoms with van der Waals surface area (Å²) >= 11 is 0. The number of carbonyl (C=O) groups excluding carboxylic acids is 2. The van der Waals surface area contributed by atoms with Crippen LogP contribution < -0.4 is 10.6 Å². The predicted molar refractivity (Wildman–Crippen MR) is 191 cm³/mol. The van der Waals surface area contributed by atoms with Gasteiger partial charge in [0.05, 0.1) is 45.2 Å². The topological polar surface area (TPSA) is 435 Å². The van der Waals surface area contributed by atoms with Crippen molar-refractivity contribution in [1.82, 2.24) is 10.6 Å². The molecule has 24 atom stereocenters. The molecule has 0 spiro atoms. The number of rotatable bonds is 18. The van der Waals surface area contributed by atoms with Gasteiger partial charge >= 0.3 is 0 Å². The Labute approximate surface area is 347 Å². The maximum atomic E-state index is 12.1. The van der Waals surface area contributed by atoms with Crippen LogP contribution in [0.5, 0.6) is 0 Å². The first-order chi connectivity index (χ1) is 28.7. The average Bonchev–Trinajstić information content (AvgIpc) is 3.23. The molecule has 17 N–H and O–H groups in total. The second-order valence-electron chi connectivity index (χ2n) is 15.2. The van der Waals surface area contributed by atoms with E-state index in [9.17, 15) is 86.2 Å². The molecule has 4 heterocycles. The van der Waals surface area contributed by atoms with E-state index in [0.717, 1.165) is 13.8 Å². The van der Waals surface area contributed by atoms with Gasteiger partial charge in [0.15, 0.2) is 25.2 Å². The fourth-order valence-electron chi connectivity index (χ4n) is 7.35. The number of hydrogen-bond donors (Lipinski definition) is 17. The molecule has 4 fully saturated rings. The first-order valence-electron chi connectivity index (χ1n) is 19.4. The lowest BCUT2D eigenvalue weighted by Crippen LogP contribution is -2.69. The van der Waals surface area contributed by atoms with Crippen LogP contribution in [0.15, 0.2) is 0 Å². The van der Waals surface area contributed by atoms with E-state index in [0.29, 0.717) is 0 Å². The van der Waals surface area contributed by atoms with Crippen LogP contribution in [0.3, 0.4) is 0 Å². The summed E-state index contributed by atoms with van der Waals surface area (Å²) in [6.07, 6.45) is -41.5. The van der Waals surface area contributed by atoms with Crippen molar-refractivity contribution in [3.8, 4) is 0 Å². The van der Waals surface area contributed by atoms with Crippen molar-refractivity contribution >= 4 is 11.8 Å². The van der Waals surface area contributed by atoms with E-state index >= 15 is 0 Å². The van der Waals surface area contributed by atoms with E-state index in [1.807, 2.05) is 0 Å². The summed E-state index contributed by atoms with van der Waals surface area (Å²) in [7, 11) is 0. The summed E-state index contributed by atoms with van der Waals surface area (Å²) in [5, 5.41) is 163. The molecular weight excluding hydrogens is 836 g/mol. The second-order valence-corrected chi connectivity index (χ2v) is 15.2. The standard InChI is InChI=1S/C34H60N2O25/c1-9-18(45)23(50)25(52)32(54-9)61-30-29(21(48)15(7-40)56-34(30)58-27(19(46)13(44)5-38)12(4-37)35-10(2)42)60-33-26(53)24(51)28(16(8-41)57-33)59-31-17(36-11(3)43)22(49)20(47)14(6-39)55-31/h9,12-34,37-41,44-53H,4-8H2,1-3H3,(H,35,42)(H,36,43)/t9-,12-,13+,14+,15+,16+,17+,18+,19-,20+,21-,22+,23+,24+,25-,26+,27+,28-,29-,30+,31+,32-,33-,34-/m0/s1. The molecule has 61 heavy (non-hydrogen) atoms. The highest BCUT2D eigenvalue weighted by Gasteiger charge is 2.57. The SMILES string of the molecule is CC(=O)N[C@H]1[C@@H](O[C@@H]2[C@H](O)[C@@H](O)[C@H](O[C@H]3[C@@H](O)[C@@H](CO)O[C@@H](O[C@@H]([C@@H](O)[C@H](O)CO)[C@H](CO)NC(C)=O)[C@@H]3O[C@@H]3O[C@@H](C)[C@@H](O)[C@@H](O)[C@@H]3O)O[C@@H]2CO)O[C@H](CO)[C@@H](O)[C@@H]1O. The zero-order chi connectivity index (χ0) is 45.6. The molecular formula is C34H60N2O25. The van der Waals surface area contributed by atoms with Crippen molar-refractivity contribution in [2.45, 2.75) is 168 Å². The molecule has 0 aromatic heterocycles. The van der Waals surface area contributed by atoms with Crippen molar-refractivity contribution in [1.29, 1.82) is 0 Å². The number of aliphatic hydroxyl groups is 15. The van der Waals surface area contributed by atoms with Crippen molar-refractivity contribution in [3.63, 3.8) is 0 Å². The molecule has 0 saturated carbocycles. The molecule has 356 valence electrons. The number of ether oxygens (including phenoxy) is 8. The predicted octanol–water partition coefficient (Wildman–Crippen LogP) is -11.0. The molecule has 27 nitrogen and oxygen atoms in total. The summed E-state index contributed by atoms with van der Waals surface area (Å²) in [4.78, 5) is 24.0. The number of aliphatic hydroxyl groups excluding tert-OH is 15. The third kappa shape index (κ3) is 11.8. The van der Waals surface area contributed by atoms with Gasteiger partial charge in [-0.3, -0.25) is 9.59 Å². The number of hydrogen-bond acceptors (Lipinski definition) is 25. The Balaban J connectivity index is 1.71. The average molecular weight is 897 g/mol. The van der Waals surface area contributed by atoms with Gasteiger partial charge in [0.1, 0.15) is 110 Å². The maximum absolute atomic E-state index is 12.1. The van der Waals surface area contributed by atoms with Gasteiger partial charge in [-0.05, 0) is 6.92 Å². The van der Waals surface area contributed by atoms with Gasteiger partial charge in [-0.15, -0.1) is 0 Å². The number of nitrogens with one attached hydrogen (secondary N) is 2. The molecule has 0 bridgehead atoms. The Morgan fingerprint density at radius 1 is 0.557 bits per heavy atom. The summed E-state index contributed by atoms with van der Waals surface area (Å²) in [6.45, 7) is -1.55. The molecule has 0 aliphatic carbocycles. The van der Waals surface area contributed by atoms with Crippen LogP contribution in [0.1, 0.15) is 20.8 Å². The number of carbonyl (C=O) groups is 2. The fourth-order valence-corrected chi connectivity index (χ4v) is 7.35. The Kier molecular flexibility index (Phi) is 19.3. The fraction of sp³-hybridized carbons (Fsp3) is 0.941. The largest absolute Gasteiger partial charge is 0.394 e. The van der Waals surface area contributed by atoms with Crippen LogP contribution in [-0.2, 0) is 47.5 Å². The van der Waals surface area contributed by atoms with Gasteiger partial charge in [0.2, 0.25) is 11.8 Å². The van der Waals surface area contributed by atoms with Gasteiger partial charge in [-0.25, -0.2) is 0 Å². The number of amides is 2. The lowest BCUT2D eigenvalue weighted by atomic mass is 9.94. The molecule has 4 aliphatic heterocycles. The van der Waals surface area contributed by atoms with Crippen LogP contribution >= 0.6 is 0 Å². The highest BCUT2D eigenvalue weighted by molar-refractivity contribution is 5.73. The van der Waals surface area contributed by atoms with Crippen LogP contribution in [-0.4, -0.2) is 269 Å². The summed E-state index contributed by atoms with van der Waals surface area (Å²) in [5.41, 5.74) is 0. The van der Waals surface area contributed by atoms with E-state index < -0.39 is 192 Å². The van der Waals surface area contributed by atoms with Crippen LogP contribution in [0, 0.1) is 0 Å². The zero-order valence-corrected chi connectivity index (χ0v) is 33.2. The minimum absolute atomic E-state index is 0.725. The molecule has 2 amide bonds. The molecule has 0 aromatic carbocycles. The zero-order valence-electron chi connectivity index (χ0n) is 33.2. The van der Waals surface area contributed by atoms with E-state index in [1.165, 1.54) is 6.92 Å². The van der Waals surface area contributed by atoms with Crippen molar-refractivity contribution < 1.29 is 124 Å². The molecule has 4 rings (SSSR count). The minimum Gasteiger partial charge on any atom is -0.394 e. The first-order valence-corrected chi connectivity index (χ1v) is 19.4. The van der Waals surface area contributed by atoms with Crippen molar-refractivity contribution in [2.24, 2.45) is 0 Å². The monoisotopic (exact) mass is 896 g/mol. The minimum atomic E-state index is -2.22. The van der Waals surface area contributed by atoms with Crippen LogP contribution in [0.25, 0.3) is 0 Å². The Bertz CT molecular complexity index is 1370. The highest BCUT2D eigenvalue weighted by Crippen LogP contribution is 2.36. The van der Waals surface area contributed by atoms with Crippen molar-refractivity contribution in [2.75, 3.05) is 33.0 Å². The van der Waals surface area contributed by atoms with Crippen LogP contribution in [0.4, 0.5) is 0 Å². The van der Waals surface area contributed by atoms with E-state index in [-0.39, 0.29) is 0 Å². The Morgan fingerprint density at radius 2 is 1.08 bits per heavy atom. The summed E-state index contributed by atoms with van der Waals surface area (Å²) in [6, 6.07) is -3.12. The summed E-state index contributed by atoms with van der Waals surface area (Å²) < 4.78 is 46.3. The summed E-state index contributed by atoms with van der Waals surface area (Å²) in [5.74, 6) is -1.50. The third-order valence-corrected chi connectivity index (χ3v) is 10.7. The van der Waals surface area contributed by atoms with Gasteiger partial charge in [-0.1, -0.05) is 0 Å². The molecule has 0 aromatic rings. The Hall–Kier alpha value is -1.98. The Morgan fingerprint density at radius 3 is 1.64 bits per heavy atom. The third-order valence-electron chi connectivity index (χ3n) is 10.7. The molecule has 0 unspecified atom stereocenters. The smallest absolute Gasteiger partial charge is 0.217 e. The maximum Gasteiger partial charge on any atom is 0.217 e. The van der Waals surface area contributed by atoms with E-state index in [4.69, 9.17) is 37.9 Å². The van der Waals surface area contributed by atoms with Gasteiger partial charge in [0, 0.05) is 13.8 Å². The van der Waals surface area contributed by atoms with Gasteiger partial charge in [0.25, 0.3) is 0 Å². The quantitative estimate of drug-likeness (QED) is 0.0607. The molecule has 0 radical (unpaired) electrons. The first kappa shape index (κ1) is 51.7. The van der Waals surface area contributed by atoms with Crippen molar-refractivity contribution in [3.05, 3.63) is 0 Å². The second kappa shape index (κ2) is 22.8. The lowest BCUT2D eigenvalue weighted by molar-refractivity contribution is -0.401. The van der Waals surface area contributed by atoms with Gasteiger partial charge in [-0.2, -0.15) is 0 Å². The highest BCUT2D eigenvalue weighted by atomic mass is 16.8. The lowest BCUT2D eigenvalue weighted by Gasteiger charge is -2.50. The van der Waals surface area contributed by atoms with Gasteiger partial charge < -0.3 is 125 Å². The van der Waals surface area contributed by atoms with E-state index in [2.05, 4.69) is 10.6 Å². The van der Waals surface area contributed by atoms with Crippen LogP contribution in [0.2, 0.25) is 0 Å². The van der Waals surface area contributed by atoms with E-state index in [1.54, 1.807) is 0 Å². The molecule has 27 heteroatoms. The normalized spacial score (nSPS) is 44.1.